The second-order valence-electron chi connectivity index (χ2n) is 5.13. The summed E-state index contributed by atoms with van der Waals surface area (Å²) in [6, 6.07) is 13.5. The smallest absolute Gasteiger partial charge is 0.0578 e. The Kier molecular flexibility index (Phi) is 3.74. The fourth-order valence-corrected chi connectivity index (χ4v) is 3.36. The van der Waals surface area contributed by atoms with E-state index in [2.05, 4.69) is 58.9 Å². The van der Waals surface area contributed by atoms with Crippen molar-refractivity contribution in [1.29, 1.82) is 0 Å². The molecule has 0 spiro atoms. The highest BCUT2D eigenvalue weighted by Crippen LogP contribution is 2.27. The predicted molar refractivity (Wildman–Crippen MR) is 84.2 cm³/mol. The predicted octanol–water partition coefficient (Wildman–Crippen LogP) is 4.52. The molecule has 0 radical (unpaired) electrons. The molecule has 1 aromatic heterocycles. The summed E-state index contributed by atoms with van der Waals surface area (Å²) in [6.45, 7) is 4.61. The van der Waals surface area contributed by atoms with Gasteiger partial charge in [-0.1, -0.05) is 12.1 Å². The highest BCUT2D eigenvalue weighted by molar-refractivity contribution is 7.10. The molecule has 1 aliphatic heterocycles. The summed E-state index contributed by atoms with van der Waals surface area (Å²) in [5.41, 5.74) is 2.56. The van der Waals surface area contributed by atoms with Crippen LogP contribution in [0.5, 0.6) is 0 Å². The average molecular weight is 272 g/mol. The summed E-state index contributed by atoms with van der Waals surface area (Å²) in [5.74, 6) is 0. The van der Waals surface area contributed by atoms with Gasteiger partial charge in [0, 0.05) is 29.3 Å². The Morgan fingerprint density at radius 1 is 1.16 bits per heavy atom. The summed E-state index contributed by atoms with van der Waals surface area (Å²) < 4.78 is 0. The molecule has 0 saturated carbocycles. The maximum absolute atomic E-state index is 3.59. The fraction of sp³-hybridized carbons (Fsp3) is 0.375. The monoisotopic (exact) mass is 272 g/mol. The van der Waals surface area contributed by atoms with Crippen molar-refractivity contribution >= 4 is 22.7 Å². The minimum atomic E-state index is 0.369. The maximum Gasteiger partial charge on any atom is 0.0578 e. The Bertz CT molecular complexity index is 515. The van der Waals surface area contributed by atoms with Crippen LogP contribution in [0, 0.1) is 0 Å². The molecule has 0 amide bonds. The van der Waals surface area contributed by atoms with Crippen molar-refractivity contribution in [1.82, 2.24) is 0 Å². The molecule has 1 aromatic carbocycles. The van der Waals surface area contributed by atoms with Crippen molar-refractivity contribution in [3.8, 4) is 0 Å². The molecule has 1 saturated heterocycles. The molecule has 2 aromatic rings. The maximum atomic E-state index is 3.59. The Hall–Kier alpha value is -1.48. The van der Waals surface area contributed by atoms with Gasteiger partial charge < -0.3 is 10.2 Å². The van der Waals surface area contributed by atoms with Gasteiger partial charge in [0.1, 0.15) is 0 Å². The number of nitrogens with one attached hydrogen (secondary N) is 1. The fourth-order valence-electron chi connectivity index (χ4n) is 2.63. The molecule has 1 fully saturated rings. The van der Waals surface area contributed by atoms with Crippen LogP contribution >= 0.6 is 11.3 Å². The zero-order chi connectivity index (χ0) is 13.1. The first-order chi connectivity index (χ1) is 9.33. The number of nitrogens with zero attached hydrogens (tertiary/aromatic N) is 1. The molecule has 100 valence electrons. The third kappa shape index (κ3) is 2.92. The number of thiophene rings is 1. The molecular formula is C16H20N2S. The van der Waals surface area contributed by atoms with E-state index >= 15 is 0 Å². The van der Waals surface area contributed by atoms with Crippen LogP contribution in [0.2, 0.25) is 0 Å². The second-order valence-corrected chi connectivity index (χ2v) is 6.11. The van der Waals surface area contributed by atoms with Crippen LogP contribution in [0.4, 0.5) is 11.4 Å². The lowest BCUT2D eigenvalue weighted by atomic mass is 10.2. The first kappa shape index (κ1) is 12.5. The number of rotatable bonds is 4. The Labute approximate surface area is 119 Å². The van der Waals surface area contributed by atoms with E-state index in [1.165, 1.54) is 42.2 Å². The lowest BCUT2D eigenvalue weighted by Crippen LogP contribution is -2.17. The van der Waals surface area contributed by atoms with Crippen LogP contribution in [-0.4, -0.2) is 13.1 Å². The SMILES string of the molecule is CC(Nc1cccc(N2CCCC2)c1)c1cccs1. The van der Waals surface area contributed by atoms with E-state index < -0.39 is 0 Å². The topological polar surface area (TPSA) is 15.3 Å². The van der Waals surface area contributed by atoms with Gasteiger partial charge in [0.15, 0.2) is 0 Å². The van der Waals surface area contributed by atoms with Gasteiger partial charge >= 0.3 is 0 Å². The first-order valence-corrected chi connectivity index (χ1v) is 7.86. The van der Waals surface area contributed by atoms with Crippen molar-refractivity contribution in [2.24, 2.45) is 0 Å². The normalized spacial score (nSPS) is 16.6. The third-order valence-electron chi connectivity index (χ3n) is 3.67. The van der Waals surface area contributed by atoms with Crippen LogP contribution in [0.25, 0.3) is 0 Å². The largest absolute Gasteiger partial charge is 0.378 e. The van der Waals surface area contributed by atoms with Gasteiger partial charge in [-0.15, -0.1) is 11.3 Å². The third-order valence-corrected chi connectivity index (χ3v) is 4.73. The molecule has 19 heavy (non-hydrogen) atoms. The van der Waals surface area contributed by atoms with Gasteiger partial charge in [0.05, 0.1) is 6.04 Å². The first-order valence-electron chi connectivity index (χ1n) is 6.98. The van der Waals surface area contributed by atoms with Crippen molar-refractivity contribution in [3.63, 3.8) is 0 Å². The summed E-state index contributed by atoms with van der Waals surface area (Å²) in [7, 11) is 0. The van der Waals surface area contributed by atoms with Crippen molar-refractivity contribution in [3.05, 3.63) is 46.7 Å². The van der Waals surface area contributed by atoms with E-state index in [1.807, 2.05) is 0 Å². The highest BCUT2D eigenvalue weighted by atomic mass is 32.1. The summed E-state index contributed by atoms with van der Waals surface area (Å²) in [6.07, 6.45) is 2.65. The molecule has 1 unspecified atom stereocenters. The van der Waals surface area contributed by atoms with Gasteiger partial charge in [-0.05, 0) is 49.4 Å². The van der Waals surface area contributed by atoms with Gasteiger partial charge in [-0.2, -0.15) is 0 Å². The summed E-state index contributed by atoms with van der Waals surface area (Å²) in [4.78, 5) is 3.85. The van der Waals surface area contributed by atoms with E-state index in [-0.39, 0.29) is 0 Å². The van der Waals surface area contributed by atoms with Crippen LogP contribution < -0.4 is 10.2 Å². The summed E-state index contributed by atoms with van der Waals surface area (Å²) >= 11 is 1.81. The number of hydrogen-bond donors (Lipinski definition) is 1. The summed E-state index contributed by atoms with van der Waals surface area (Å²) in [5, 5.41) is 5.72. The van der Waals surface area contributed by atoms with E-state index in [4.69, 9.17) is 0 Å². The Morgan fingerprint density at radius 2 is 2.00 bits per heavy atom. The highest BCUT2D eigenvalue weighted by Gasteiger charge is 2.13. The lowest BCUT2D eigenvalue weighted by Gasteiger charge is -2.20. The minimum absolute atomic E-state index is 0.369. The van der Waals surface area contributed by atoms with Crippen LogP contribution in [0.1, 0.15) is 30.7 Å². The van der Waals surface area contributed by atoms with Crippen LogP contribution in [-0.2, 0) is 0 Å². The molecule has 1 N–H and O–H groups in total. The Morgan fingerprint density at radius 3 is 2.74 bits per heavy atom. The number of hydrogen-bond acceptors (Lipinski definition) is 3. The van der Waals surface area contributed by atoms with Crippen molar-refractivity contribution < 1.29 is 0 Å². The molecule has 1 atom stereocenters. The van der Waals surface area contributed by atoms with E-state index in [1.54, 1.807) is 11.3 Å². The van der Waals surface area contributed by atoms with Gasteiger partial charge in [0.25, 0.3) is 0 Å². The minimum Gasteiger partial charge on any atom is -0.378 e. The molecule has 0 bridgehead atoms. The molecule has 0 aliphatic carbocycles. The lowest BCUT2D eigenvalue weighted by molar-refractivity contribution is 0.906. The van der Waals surface area contributed by atoms with Gasteiger partial charge in [0.2, 0.25) is 0 Å². The van der Waals surface area contributed by atoms with Crippen LogP contribution in [0.3, 0.4) is 0 Å². The second kappa shape index (κ2) is 5.66. The zero-order valence-electron chi connectivity index (χ0n) is 11.3. The molecule has 2 nitrogen and oxygen atoms in total. The van der Waals surface area contributed by atoms with Gasteiger partial charge in [-0.3, -0.25) is 0 Å². The zero-order valence-corrected chi connectivity index (χ0v) is 12.1. The van der Waals surface area contributed by atoms with E-state index in [0.717, 1.165) is 0 Å². The van der Waals surface area contributed by atoms with Crippen LogP contribution in [0.15, 0.2) is 41.8 Å². The van der Waals surface area contributed by atoms with E-state index in [0.29, 0.717) is 6.04 Å². The molecule has 1 aliphatic rings. The van der Waals surface area contributed by atoms with Gasteiger partial charge in [-0.25, -0.2) is 0 Å². The Balaban J connectivity index is 1.72. The molecular weight excluding hydrogens is 252 g/mol. The quantitative estimate of drug-likeness (QED) is 0.880. The van der Waals surface area contributed by atoms with Crippen molar-refractivity contribution in [2.45, 2.75) is 25.8 Å². The molecule has 3 heteroatoms. The standard InChI is InChI=1S/C16H20N2S/c1-13(16-8-5-11-19-16)17-14-6-4-7-15(12-14)18-9-2-3-10-18/h4-8,11-13,17H,2-3,9-10H2,1H3. The number of benzene rings is 1. The molecule has 2 heterocycles. The number of anilines is 2. The van der Waals surface area contributed by atoms with E-state index in [9.17, 15) is 0 Å². The van der Waals surface area contributed by atoms with Crippen molar-refractivity contribution in [2.75, 3.05) is 23.3 Å². The molecule has 3 rings (SSSR count). The average Bonchev–Trinajstić information content (AvgIpc) is 3.13.